The number of anilines is 1. The van der Waals surface area contributed by atoms with E-state index in [1.54, 1.807) is 29.6 Å². The third kappa shape index (κ3) is 7.11. The van der Waals surface area contributed by atoms with Crippen molar-refractivity contribution in [2.75, 3.05) is 19.0 Å². The van der Waals surface area contributed by atoms with Crippen LogP contribution in [0.3, 0.4) is 0 Å². The molecule has 1 aliphatic rings. The van der Waals surface area contributed by atoms with Crippen LogP contribution in [0.5, 0.6) is 5.75 Å². The van der Waals surface area contributed by atoms with Gasteiger partial charge >= 0.3 is 0 Å². The highest BCUT2D eigenvalue weighted by Gasteiger charge is 2.34. The smallest absolute Gasteiger partial charge is 0.270 e. The lowest BCUT2D eigenvalue weighted by molar-refractivity contribution is -0.122. The van der Waals surface area contributed by atoms with E-state index in [1.165, 1.54) is 11.8 Å². The maximum absolute atomic E-state index is 13.5. The molecule has 7 nitrogen and oxygen atoms in total. The van der Waals surface area contributed by atoms with E-state index in [0.29, 0.717) is 58.1 Å². The predicted molar refractivity (Wildman–Crippen MR) is 164 cm³/mol. The van der Waals surface area contributed by atoms with Gasteiger partial charge in [-0.3, -0.25) is 19.1 Å². The molecule has 1 amide bonds. The molecule has 1 aromatic carbocycles. The summed E-state index contributed by atoms with van der Waals surface area (Å²) in [7, 11) is 1.62. The van der Waals surface area contributed by atoms with Crippen molar-refractivity contribution in [2.45, 2.75) is 72.9 Å². The monoisotopic (exact) mass is 566 g/mol. The molecule has 39 heavy (non-hydrogen) atoms. The normalized spacial score (nSPS) is 15.1. The van der Waals surface area contributed by atoms with Gasteiger partial charge in [0, 0.05) is 25.2 Å². The van der Waals surface area contributed by atoms with Crippen LogP contribution in [-0.2, 0) is 17.9 Å². The highest BCUT2D eigenvalue weighted by atomic mass is 32.2. The molecule has 0 radical (unpaired) electrons. The van der Waals surface area contributed by atoms with E-state index in [0.717, 1.165) is 37.0 Å². The number of unbranched alkanes of at least 4 members (excludes halogenated alkanes) is 1. The van der Waals surface area contributed by atoms with Crippen LogP contribution in [0.2, 0.25) is 0 Å². The van der Waals surface area contributed by atoms with Gasteiger partial charge in [-0.05, 0) is 55.0 Å². The number of amides is 1. The van der Waals surface area contributed by atoms with Crippen molar-refractivity contribution in [3.05, 3.63) is 61.8 Å². The number of benzene rings is 1. The molecule has 0 aliphatic carbocycles. The van der Waals surface area contributed by atoms with Gasteiger partial charge in [0.25, 0.3) is 11.5 Å². The first kappa shape index (κ1) is 30.5. The van der Waals surface area contributed by atoms with Gasteiger partial charge in [0.1, 0.15) is 27.5 Å². The van der Waals surface area contributed by atoms with Gasteiger partial charge in [-0.1, -0.05) is 76.1 Å². The molecule has 2 aromatic rings. The second kappa shape index (κ2) is 14.3. The largest absolute Gasteiger partial charge is 0.497 e. The summed E-state index contributed by atoms with van der Waals surface area (Å²) >= 11 is 6.90. The molecule has 1 aliphatic heterocycles. The number of methoxy groups -OCH3 is 1. The van der Waals surface area contributed by atoms with E-state index in [9.17, 15) is 14.9 Å². The van der Waals surface area contributed by atoms with Crippen molar-refractivity contribution >= 4 is 46.1 Å². The fourth-order valence-electron chi connectivity index (χ4n) is 4.68. The average Bonchev–Trinajstić information content (AvgIpc) is 3.20. The first-order chi connectivity index (χ1) is 18.8. The zero-order valence-electron chi connectivity index (χ0n) is 23.5. The van der Waals surface area contributed by atoms with Crippen LogP contribution in [0.4, 0.5) is 5.82 Å². The number of thioether (sulfide) groups is 1. The van der Waals surface area contributed by atoms with E-state index in [1.807, 2.05) is 31.2 Å². The molecule has 1 aromatic heterocycles. The second-order valence-electron chi connectivity index (χ2n) is 9.74. The number of pyridine rings is 1. The summed E-state index contributed by atoms with van der Waals surface area (Å²) in [5, 5.41) is 13.3. The first-order valence-electron chi connectivity index (χ1n) is 13.6. The summed E-state index contributed by atoms with van der Waals surface area (Å²) < 4.78 is 7.42. The van der Waals surface area contributed by atoms with Crippen molar-refractivity contribution in [3.8, 4) is 11.8 Å². The van der Waals surface area contributed by atoms with Crippen LogP contribution in [0.15, 0.2) is 34.0 Å². The zero-order chi connectivity index (χ0) is 28.5. The fraction of sp³-hybridized carbons (Fsp3) is 0.467. The number of hydrogen-bond donors (Lipinski definition) is 1. The van der Waals surface area contributed by atoms with Crippen LogP contribution in [0.25, 0.3) is 6.08 Å². The maximum atomic E-state index is 13.5. The number of carbonyl (C=O) groups is 1. The molecule has 1 fully saturated rings. The lowest BCUT2D eigenvalue weighted by Crippen LogP contribution is -2.33. The molecular weight excluding hydrogens is 528 g/mol. The summed E-state index contributed by atoms with van der Waals surface area (Å²) in [6, 6.07) is 9.77. The van der Waals surface area contributed by atoms with E-state index in [4.69, 9.17) is 17.0 Å². The molecule has 1 saturated heterocycles. The third-order valence-corrected chi connectivity index (χ3v) is 8.45. The van der Waals surface area contributed by atoms with E-state index in [-0.39, 0.29) is 17.0 Å². The minimum atomic E-state index is -0.333. The highest BCUT2D eigenvalue weighted by molar-refractivity contribution is 8.26. The number of ether oxygens (including phenoxy) is 1. The zero-order valence-corrected chi connectivity index (χ0v) is 25.1. The summed E-state index contributed by atoms with van der Waals surface area (Å²) in [5.41, 5.74) is 1.97. The molecule has 3 rings (SSSR count). The number of nitrogens with zero attached hydrogens (tertiary/aromatic N) is 3. The summed E-state index contributed by atoms with van der Waals surface area (Å²) in [6.45, 7) is 9.58. The highest BCUT2D eigenvalue weighted by Crippen LogP contribution is 2.36. The minimum absolute atomic E-state index is 0.0887. The molecular formula is C30H38N4O3S2. The Labute approximate surface area is 241 Å². The topological polar surface area (TPSA) is 87.4 Å². The number of rotatable bonds is 13. The first-order valence-corrected chi connectivity index (χ1v) is 14.8. The Morgan fingerprint density at radius 2 is 1.90 bits per heavy atom. The Hall–Kier alpha value is -3.09. The quantitative estimate of drug-likeness (QED) is 0.219. The molecule has 0 spiro atoms. The number of aromatic nitrogens is 1. The Balaban J connectivity index is 2.04. The molecule has 1 N–H and O–H groups in total. The minimum Gasteiger partial charge on any atom is -0.497 e. The Morgan fingerprint density at radius 3 is 2.49 bits per heavy atom. The van der Waals surface area contributed by atoms with Gasteiger partial charge in [-0.25, -0.2) is 0 Å². The fourth-order valence-corrected chi connectivity index (χ4v) is 5.94. The van der Waals surface area contributed by atoms with Gasteiger partial charge in [0.15, 0.2) is 0 Å². The van der Waals surface area contributed by atoms with Crippen LogP contribution in [0, 0.1) is 24.2 Å². The standard InChI is InChI=1S/C30H38N4O3S2/c1-6-9-10-21(8-3)19-34-29(36)26(39-30(34)38)16-24-20(4)25(17-31)28(35)33(15-7-2)27(24)32-18-22-11-13-23(37-5)14-12-22/h11-14,16,21,32H,6-10,15,18-19H2,1-5H3/b26-16+. The lowest BCUT2D eigenvalue weighted by Gasteiger charge is -2.22. The van der Waals surface area contributed by atoms with Crippen LogP contribution >= 0.6 is 24.0 Å². The van der Waals surface area contributed by atoms with Crippen LogP contribution in [-0.4, -0.2) is 33.3 Å². The number of hydrogen-bond acceptors (Lipinski definition) is 7. The average molecular weight is 567 g/mol. The summed E-state index contributed by atoms with van der Waals surface area (Å²) in [6.07, 6.45) is 6.81. The predicted octanol–water partition coefficient (Wildman–Crippen LogP) is 6.48. The SMILES string of the molecule is CCCCC(CC)CN1C(=O)/C(=C\c2c(C)c(C#N)c(=O)n(CCC)c2NCc2ccc(OC)cc2)SC1=S. The van der Waals surface area contributed by atoms with Gasteiger partial charge < -0.3 is 10.1 Å². The molecule has 0 saturated carbocycles. The Morgan fingerprint density at radius 1 is 1.18 bits per heavy atom. The number of nitrogens with one attached hydrogen (secondary N) is 1. The molecule has 1 unspecified atom stereocenters. The van der Waals surface area contributed by atoms with Gasteiger partial charge in [-0.2, -0.15) is 5.26 Å². The molecule has 2 heterocycles. The number of carbonyl (C=O) groups excluding carboxylic acids is 1. The van der Waals surface area contributed by atoms with Crippen LogP contribution in [0.1, 0.15) is 75.1 Å². The second-order valence-corrected chi connectivity index (χ2v) is 11.4. The lowest BCUT2D eigenvalue weighted by atomic mass is 9.99. The van der Waals surface area contributed by atoms with Crippen molar-refractivity contribution in [1.82, 2.24) is 9.47 Å². The maximum Gasteiger partial charge on any atom is 0.270 e. The number of nitriles is 1. The molecule has 208 valence electrons. The van der Waals surface area contributed by atoms with Gasteiger partial charge in [0.05, 0.1) is 12.0 Å². The van der Waals surface area contributed by atoms with Gasteiger partial charge in [0.2, 0.25) is 0 Å². The van der Waals surface area contributed by atoms with E-state index in [2.05, 4.69) is 25.2 Å². The number of thiocarbonyl (C=S) groups is 1. The third-order valence-electron chi connectivity index (χ3n) is 7.07. The van der Waals surface area contributed by atoms with Crippen LogP contribution < -0.4 is 15.6 Å². The van der Waals surface area contributed by atoms with E-state index >= 15 is 0 Å². The van der Waals surface area contributed by atoms with Crippen molar-refractivity contribution in [2.24, 2.45) is 5.92 Å². The molecule has 0 bridgehead atoms. The van der Waals surface area contributed by atoms with Crippen molar-refractivity contribution in [1.29, 1.82) is 5.26 Å². The van der Waals surface area contributed by atoms with E-state index < -0.39 is 0 Å². The van der Waals surface area contributed by atoms with Gasteiger partial charge in [-0.15, -0.1) is 0 Å². The Bertz CT molecular complexity index is 1330. The molecule has 9 heteroatoms. The summed E-state index contributed by atoms with van der Waals surface area (Å²) in [5.74, 6) is 1.63. The Kier molecular flexibility index (Phi) is 11.2. The molecule has 1 atom stereocenters. The summed E-state index contributed by atoms with van der Waals surface area (Å²) in [4.78, 5) is 29.0. The van der Waals surface area contributed by atoms with Crippen molar-refractivity contribution in [3.63, 3.8) is 0 Å². The van der Waals surface area contributed by atoms with Crippen molar-refractivity contribution < 1.29 is 9.53 Å².